The van der Waals surface area contributed by atoms with E-state index in [0.717, 1.165) is 11.1 Å². The van der Waals surface area contributed by atoms with Crippen molar-refractivity contribution in [1.82, 2.24) is 9.62 Å². The van der Waals surface area contributed by atoms with Crippen molar-refractivity contribution in [2.24, 2.45) is 5.92 Å². The van der Waals surface area contributed by atoms with E-state index in [1.807, 2.05) is 35.9 Å². The summed E-state index contributed by atoms with van der Waals surface area (Å²) in [7, 11) is -3.71. The zero-order valence-electron chi connectivity index (χ0n) is 13.0. The van der Waals surface area contributed by atoms with Crippen molar-refractivity contribution in [2.75, 3.05) is 12.3 Å². The predicted molar refractivity (Wildman–Crippen MR) is 86.8 cm³/mol. The second-order valence-corrected chi connectivity index (χ2v) is 7.46. The molecule has 2 amide bonds. The average molecular weight is 336 g/mol. The van der Waals surface area contributed by atoms with E-state index in [1.54, 1.807) is 4.90 Å². The summed E-state index contributed by atoms with van der Waals surface area (Å²) >= 11 is 0. The summed E-state index contributed by atoms with van der Waals surface area (Å²) in [6.45, 7) is 5.96. The van der Waals surface area contributed by atoms with Gasteiger partial charge in [0.15, 0.2) is 0 Å². The fourth-order valence-corrected chi connectivity index (χ4v) is 3.31. The van der Waals surface area contributed by atoms with Crippen LogP contribution >= 0.6 is 0 Å². The first-order chi connectivity index (χ1) is 10.8. The standard InChI is InChI=1S/C16H20N2O4S/c1-3-8-23(21,22)17-16(20)14-9-15(19)18(11-14)10-13-6-4-12(2)5-7-13/h3-7,14H,1,8-11H2,2H3,(H,17,20)/t14-/m0/s1. The number of nitrogens with one attached hydrogen (secondary N) is 1. The van der Waals surface area contributed by atoms with Crippen LogP contribution in [0, 0.1) is 12.8 Å². The van der Waals surface area contributed by atoms with E-state index in [4.69, 9.17) is 0 Å². The highest BCUT2D eigenvalue weighted by Gasteiger charge is 2.35. The highest BCUT2D eigenvalue weighted by molar-refractivity contribution is 7.90. The largest absolute Gasteiger partial charge is 0.338 e. The maximum Gasteiger partial charge on any atom is 0.238 e. The maximum absolute atomic E-state index is 12.0. The van der Waals surface area contributed by atoms with Crippen LogP contribution in [0.2, 0.25) is 0 Å². The van der Waals surface area contributed by atoms with Gasteiger partial charge in [-0.15, -0.1) is 6.58 Å². The van der Waals surface area contributed by atoms with Crippen LogP contribution in [-0.4, -0.2) is 37.4 Å². The number of aryl methyl sites for hydroxylation is 1. The number of nitrogens with zero attached hydrogens (tertiary/aromatic N) is 1. The van der Waals surface area contributed by atoms with Crippen LogP contribution in [0.4, 0.5) is 0 Å². The van der Waals surface area contributed by atoms with E-state index in [1.165, 1.54) is 6.08 Å². The molecule has 23 heavy (non-hydrogen) atoms. The van der Waals surface area contributed by atoms with Gasteiger partial charge in [0.25, 0.3) is 0 Å². The summed E-state index contributed by atoms with van der Waals surface area (Å²) < 4.78 is 25.2. The Balaban J connectivity index is 1.97. The molecule has 2 rings (SSSR count). The van der Waals surface area contributed by atoms with Crippen LogP contribution < -0.4 is 4.72 Å². The van der Waals surface area contributed by atoms with Crippen molar-refractivity contribution in [3.8, 4) is 0 Å². The van der Waals surface area contributed by atoms with E-state index >= 15 is 0 Å². The summed E-state index contributed by atoms with van der Waals surface area (Å²) in [6, 6.07) is 7.79. The molecule has 0 spiro atoms. The number of likely N-dealkylation sites (tertiary alicyclic amines) is 1. The summed E-state index contributed by atoms with van der Waals surface area (Å²) in [4.78, 5) is 25.6. The first-order valence-electron chi connectivity index (χ1n) is 7.29. The molecule has 0 bridgehead atoms. The molecule has 1 saturated heterocycles. The number of carbonyl (C=O) groups excluding carboxylic acids is 2. The summed E-state index contributed by atoms with van der Waals surface area (Å²) in [6.07, 6.45) is 1.24. The molecule has 0 aliphatic carbocycles. The van der Waals surface area contributed by atoms with Gasteiger partial charge >= 0.3 is 0 Å². The smallest absolute Gasteiger partial charge is 0.238 e. The van der Waals surface area contributed by atoms with E-state index in [0.29, 0.717) is 6.54 Å². The molecule has 1 heterocycles. The van der Waals surface area contributed by atoms with Crippen molar-refractivity contribution in [2.45, 2.75) is 19.9 Å². The van der Waals surface area contributed by atoms with Gasteiger partial charge in [0, 0.05) is 19.5 Å². The van der Waals surface area contributed by atoms with Crippen LogP contribution in [0.25, 0.3) is 0 Å². The van der Waals surface area contributed by atoms with Gasteiger partial charge in [-0.1, -0.05) is 35.9 Å². The molecular weight excluding hydrogens is 316 g/mol. The first-order valence-corrected chi connectivity index (χ1v) is 8.94. The molecule has 0 aromatic heterocycles. The summed E-state index contributed by atoms with van der Waals surface area (Å²) in [5.41, 5.74) is 2.11. The zero-order valence-corrected chi connectivity index (χ0v) is 13.8. The minimum Gasteiger partial charge on any atom is -0.338 e. The molecule has 6 nitrogen and oxygen atoms in total. The van der Waals surface area contributed by atoms with Crippen molar-refractivity contribution < 1.29 is 18.0 Å². The molecule has 7 heteroatoms. The van der Waals surface area contributed by atoms with Gasteiger partial charge in [0.1, 0.15) is 0 Å². The van der Waals surface area contributed by atoms with Crippen molar-refractivity contribution in [3.63, 3.8) is 0 Å². The normalized spacial score (nSPS) is 18.0. The second-order valence-electron chi connectivity index (χ2n) is 5.70. The lowest BCUT2D eigenvalue weighted by molar-refractivity contribution is -0.129. The van der Waals surface area contributed by atoms with Crippen LogP contribution in [0.3, 0.4) is 0 Å². The van der Waals surface area contributed by atoms with Crippen LogP contribution in [0.15, 0.2) is 36.9 Å². The Morgan fingerprint density at radius 2 is 2.04 bits per heavy atom. The molecule has 0 radical (unpaired) electrons. The van der Waals surface area contributed by atoms with Crippen LogP contribution in [0.5, 0.6) is 0 Å². The molecular formula is C16H20N2O4S. The number of sulfonamides is 1. The van der Waals surface area contributed by atoms with Crippen LogP contribution in [-0.2, 0) is 26.2 Å². The Morgan fingerprint density at radius 3 is 2.65 bits per heavy atom. The van der Waals surface area contributed by atoms with Gasteiger partial charge in [-0.25, -0.2) is 8.42 Å². The molecule has 124 valence electrons. The molecule has 0 saturated carbocycles. The number of amides is 2. The van der Waals surface area contributed by atoms with Gasteiger partial charge < -0.3 is 4.90 Å². The SMILES string of the molecule is C=CCS(=O)(=O)NC(=O)[C@H]1CC(=O)N(Cc2ccc(C)cc2)C1. The van der Waals surface area contributed by atoms with Gasteiger partial charge in [-0.2, -0.15) is 0 Å². The van der Waals surface area contributed by atoms with E-state index in [2.05, 4.69) is 6.58 Å². The van der Waals surface area contributed by atoms with Gasteiger partial charge in [-0.3, -0.25) is 14.3 Å². The van der Waals surface area contributed by atoms with Gasteiger partial charge in [-0.05, 0) is 12.5 Å². The zero-order chi connectivity index (χ0) is 17.0. The number of hydrogen-bond acceptors (Lipinski definition) is 4. The molecule has 1 aromatic rings. The third-order valence-corrected chi connectivity index (χ3v) is 4.86. The van der Waals surface area contributed by atoms with E-state index < -0.39 is 21.8 Å². The number of hydrogen-bond donors (Lipinski definition) is 1. The highest BCUT2D eigenvalue weighted by atomic mass is 32.2. The second kappa shape index (κ2) is 6.95. The van der Waals surface area contributed by atoms with Crippen molar-refractivity contribution in [3.05, 3.63) is 48.0 Å². The monoisotopic (exact) mass is 336 g/mol. The topological polar surface area (TPSA) is 83.5 Å². The van der Waals surface area contributed by atoms with E-state index in [9.17, 15) is 18.0 Å². The lowest BCUT2D eigenvalue weighted by atomic mass is 10.1. The summed E-state index contributed by atoms with van der Waals surface area (Å²) in [5.74, 6) is -1.75. The third-order valence-electron chi connectivity index (χ3n) is 3.67. The van der Waals surface area contributed by atoms with Crippen LogP contribution in [0.1, 0.15) is 17.5 Å². The third kappa shape index (κ3) is 4.66. The lowest BCUT2D eigenvalue weighted by Gasteiger charge is -2.16. The first kappa shape index (κ1) is 17.2. The maximum atomic E-state index is 12.0. The van der Waals surface area contributed by atoms with Gasteiger partial charge in [0.2, 0.25) is 21.8 Å². The number of benzene rings is 1. The predicted octanol–water partition coefficient (Wildman–Crippen LogP) is 0.976. The lowest BCUT2D eigenvalue weighted by Crippen LogP contribution is -2.37. The Morgan fingerprint density at radius 1 is 1.39 bits per heavy atom. The minimum absolute atomic E-state index is 0.0291. The Hall–Kier alpha value is -2.15. The number of rotatable bonds is 6. The minimum atomic E-state index is -3.71. The molecule has 1 atom stereocenters. The summed E-state index contributed by atoms with van der Waals surface area (Å²) in [5, 5.41) is 0. The van der Waals surface area contributed by atoms with Crippen molar-refractivity contribution in [1.29, 1.82) is 0 Å². The molecule has 0 unspecified atom stereocenters. The molecule has 1 aromatic carbocycles. The Bertz CT molecular complexity index is 710. The molecule has 1 aliphatic heterocycles. The number of carbonyl (C=O) groups is 2. The average Bonchev–Trinajstić information content (AvgIpc) is 2.82. The Kier molecular flexibility index (Phi) is 5.20. The molecule has 1 aliphatic rings. The van der Waals surface area contributed by atoms with E-state index in [-0.39, 0.29) is 24.6 Å². The highest BCUT2D eigenvalue weighted by Crippen LogP contribution is 2.20. The van der Waals surface area contributed by atoms with Crippen molar-refractivity contribution >= 4 is 21.8 Å². The molecule has 1 N–H and O–H groups in total. The fourth-order valence-electron chi connectivity index (χ4n) is 2.45. The molecule has 1 fully saturated rings. The van der Waals surface area contributed by atoms with Gasteiger partial charge in [0.05, 0.1) is 11.7 Å². The quantitative estimate of drug-likeness (QED) is 0.785. The Labute approximate surface area is 136 Å². The fraction of sp³-hybridized carbons (Fsp3) is 0.375.